The van der Waals surface area contributed by atoms with E-state index in [-0.39, 0.29) is 11.9 Å². The van der Waals surface area contributed by atoms with Crippen LogP contribution < -0.4 is 11.3 Å². The first-order chi connectivity index (χ1) is 7.79. The van der Waals surface area contributed by atoms with E-state index in [1.165, 1.54) is 6.07 Å². The minimum atomic E-state index is -0.235. The zero-order valence-electron chi connectivity index (χ0n) is 9.58. The van der Waals surface area contributed by atoms with Crippen molar-refractivity contribution in [3.05, 3.63) is 35.6 Å². The van der Waals surface area contributed by atoms with Gasteiger partial charge in [-0.2, -0.15) is 0 Å². The van der Waals surface area contributed by atoms with Crippen LogP contribution in [0.5, 0.6) is 0 Å². The summed E-state index contributed by atoms with van der Waals surface area (Å²) < 4.78 is 18.8. The Kier molecular flexibility index (Phi) is 6.00. The van der Waals surface area contributed by atoms with Crippen LogP contribution in [0, 0.1) is 5.82 Å². The van der Waals surface area contributed by atoms with Crippen LogP contribution in [0.3, 0.4) is 0 Å². The first kappa shape index (κ1) is 13.1. The van der Waals surface area contributed by atoms with Crippen molar-refractivity contribution in [2.24, 2.45) is 5.84 Å². The van der Waals surface area contributed by atoms with Gasteiger partial charge < -0.3 is 4.74 Å². The summed E-state index contributed by atoms with van der Waals surface area (Å²) in [6, 6.07) is 6.44. The number of benzene rings is 1. The van der Waals surface area contributed by atoms with E-state index in [0.29, 0.717) is 18.6 Å². The van der Waals surface area contributed by atoms with Gasteiger partial charge in [-0.3, -0.25) is 11.3 Å². The number of nitrogens with two attached hydrogens (primary N) is 1. The summed E-state index contributed by atoms with van der Waals surface area (Å²) in [7, 11) is 0. The first-order valence-electron chi connectivity index (χ1n) is 5.58. The van der Waals surface area contributed by atoms with Gasteiger partial charge in [-0.05, 0) is 18.9 Å². The molecule has 90 valence electrons. The summed E-state index contributed by atoms with van der Waals surface area (Å²) in [6.07, 6.45) is 1.65. The molecule has 0 saturated carbocycles. The smallest absolute Gasteiger partial charge is 0.128 e. The summed E-state index contributed by atoms with van der Waals surface area (Å²) in [6.45, 7) is 3.36. The lowest BCUT2D eigenvalue weighted by Gasteiger charge is -2.16. The molecule has 4 heteroatoms. The van der Waals surface area contributed by atoms with Crippen molar-refractivity contribution in [3.63, 3.8) is 0 Å². The molecule has 1 aromatic carbocycles. The Morgan fingerprint density at radius 1 is 1.38 bits per heavy atom. The molecule has 0 heterocycles. The van der Waals surface area contributed by atoms with E-state index < -0.39 is 0 Å². The van der Waals surface area contributed by atoms with Crippen LogP contribution in [0.15, 0.2) is 24.3 Å². The van der Waals surface area contributed by atoms with Gasteiger partial charge in [0.1, 0.15) is 5.82 Å². The fraction of sp³-hybridized carbons (Fsp3) is 0.500. The van der Waals surface area contributed by atoms with Crippen LogP contribution >= 0.6 is 0 Å². The molecule has 1 unspecified atom stereocenters. The van der Waals surface area contributed by atoms with Crippen molar-refractivity contribution in [2.75, 3.05) is 13.2 Å². The Balaban J connectivity index is 2.51. The Morgan fingerprint density at radius 3 is 2.75 bits per heavy atom. The molecular formula is C12H19FN2O. The fourth-order valence-electron chi connectivity index (χ4n) is 1.53. The lowest BCUT2D eigenvalue weighted by molar-refractivity contribution is 0.124. The quantitative estimate of drug-likeness (QED) is 0.425. The Bertz CT molecular complexity index is 307. The van der Waals surface area contributed by atoms with Crippen molar-refractivity contribution in [2.45, 2.75) is 25.8 Å². The lowest BCUT2D eigenvalue weighted by atomic mass is 10.0. The van der Waals surface area contributed by atoms with E-state index >= 15 is 0 Å². The molecule has 16 heavy (non-hydrogen) atoms. The summed E-state index contributed by atoms with van der Waals surface area (Å²) in [5.74, 6) is 5.18. The molecule has 1 rings (SSSR count). The number of hydrazine groups is 1. The molecule has 0 aliphatic heterocycles. The number of hydrogen-bond acceptors (Lipinski definition) is 3. The van der Waals surface area contributed by atoms with Gasteiger partial charge in [-0.25, -0.2) is 4.39 Å². The van der Waals surface area contributed by atoms with E-state index in [1.54, 1.807) is 18.2 Å². The second-order valence-electron chi connectivity index (χ2n) is 3.64. The molecule has 0 bridgehead atoms. The van der Waals surface area contributed by atoms with E-state index in [2.05, 4.69) is 12.3 Å². The summed E-state index contributed by atoms with van der Waals surface area (Å²) >= 11 is 0. The average molecular weight is 226 g/mol. The van der Waals surface area contributed by atoms with Gasteiger partial charge in [0.05, 0.1) is 6.04 Å². The van der Waals surface area contributed by atoms with Gasteiger partial charge in [0, 0.05) is 18.8 Å². The van der Waals surface area contributed by atoms with Gasteiger partial charge in [0.25, 0.3) is 0 Å². The average Bonchev–Trinajstić information content (AvgIpc) is 2.31. The second kappa shape index (κ2) is 7.33. The normalized spacial score (nSPS) is 12.7. The highest BCUT2D eigenvalue weighted by Gasteiger charge is 2.13. The van der Waals surface area contributed by atoms with E-state index in [1.807, 2.05) is 0 Å². The zero-order chi connectivity index (χ0) is 11.8. The topological polar surface area (TPSA) is 47.3 Å². The number of hydrogen-bond donors (Lipinski definition) is 2. The highest BCUT2D eigenvalue weighted by atomic mass is 19.1. The van der Waals surface area contributed by atoms with Gasteiger partial charge in [-0.1, -0.05) is 25.1 Å². The molecule has 1 aromatic rings. The molecule has 3 nitrogen and oxygen atoms in total. The Labute approximate surface area is 95.8 Å². The summed E-state index contributed by atoms with van der Waals surface area (Å²) in [4.78, 5) is 0. The fourth-order valence-corrected chi connectivity index (χ4v) is 1.53. The lowest BCUT2D eigenvalue weighted by Crippen LogP contribution is -2.29. The van der Waals surface area contributed by atoms with Gasteiger partial charge >= 0.3 is 0 Å². The van der Waals surface area contributed by atoms with Crippen molar-refractivity contribution in [1.82, 2.24) is 5.43 Å². The maximum atomic E-state index is 13.5. The number of halogens is 1. The van der Waals surface area contributed by atoms with E-state index in [0.717, 1.165) is 13.0 Å². The number of rotatable bonds is 7. The van der Waals surface area contributed by atoms with Crippen LogP contribution in [0.2, 0.25) is 0 Å². The van der Waals surface area contributed by atoms with Crippen LogP contribution in [0.1, 0.15) is 31.4 Å². The maximum absolute atomic E-state index is 13.5. The molecule has 0 aliphatic carbocycles. The highest BCUT2D eigenvalue weighted by Crippen LogP contribution is 2.18. The van der Waals surface area contributed by atoms with Gasteiger partial charge in [-0.15, -0.1) is 0 Å². The third-order valence-corrected chi connectivity index (χ3v) is 2.38. The van der Waals surface area contributed by atoms with Crippen LogP contribution in [0.4, 0.5) is 4.39 Å². The molecule has 0 fully saturated rings. The Morgan fingerprint density at radius 2 is 2.12 bits per heavy atom. The van der Waals surface area contributed by atoms with Crippen molar-refractivity contribution in [3.8, 4) is 0 Å². The standard InChI is InChI=1S/C12H19FN2O/c1-2-8-16-9-7-12(15-14)10-5-3-4-6-11(10)13/h3-6,12,15H,2,7-9,14H2,1H3. The van der Waals surface area contributed by atoms with Crippen LogP contribution in [0.25, 0.3) is 0 Å². The molecule has 0 aromatic heterocycles. The molecule has 0 spiro atoms. The molecule has 0 aliphatic rings. The molecule has 1 atom stereocenters. The SMILES string of the molecule is CCCOCCC(NN)c1ccccc1F. The highest BCUT2D eigenvalue weighted by molar-refractivity contribution is 5.20. The number of ether oxygens (including phenoxy) is 1. The van der Waals surface area contributed by atoms with E-state index in [9.17, 15) is 4.39 Å². The maximum Gasteiger partial charge on any atom is 0.128 e. The van der Waals surface area contributed by atoms with Crippen molar-refractivity contribution >= 4 is 0 Å². The van der Waals surface area contributed by atoms with Crippen LogP contribution in [-0.2, 0) is 4.74 Å². The molecular weight excluding hydrogens is 207 g/mol. The number of nitrogens with one attached hydrogen (secondary N) is 1. The second-order valence-corrected chi connectivity index (χ2v) is 3.64. The predicted molar refractivity (Wildman–Crippen MR) is 62.2 cm³/mol. The third kappa shape index (κ3) is 3.89. The Hall–Kier alpha value is -0.970. The monoisotopic (exact) mass is 226 g/mol. The summed E-state index contributed by atoms with van der Waals surface area (Å²) in [5.41, 5.74) is 3.20. The minimum Gasteiger partial charge on any atom is -0.381 e. The largest absolute Gasteiger partial charge is 0.381 e. The van der Waals surface area contributed by atoms with Crippen LogP contribution in [-0.4, -0.2) is 13.2 Å². The molecule has 0 amide bonds. The van der Waals surface area contributed by atoms with Crippen molar-refractivity contribution < 1.29 is 9.13 Å². The molecule has 0 saturated heterocycles. The third-order valence-electron chi connectivity index (χ3n) is 2.38. The van der Waals surface area contributed by atoms with E-state index in [4.69, 9.17) is 10.6 Å². The first-order valence-corrected chi connectivity index (χ1v) is 5.58. The molecule has 0 radical (unpaired) electrons. The summed E-state index contributed by atoms with van der Waals surface area (Å²) in [5, 5.41) is 0. The van der Waals surface area contributed by atoms with Crippen molar-refractivity contribution in [1.29, 1.82) is 0 Å². The molecule has 3 N–H and O–H groups in total. The zero-order valence-corrected chi connectivity index (χ0v) is 9.58. The predicted octanol–water partition coefficient (Wildman–Crippen LogP) is 2.15. The van der Waals surface area contributed by atoms with Gasteiger partial charge in [0.15, 0.2) is 0 Å². The van der Waals surface area contributed by atoms with Gasteiger partial charge in [0.2, 0.25) is 0 Å². The minimum absolute atomic E-state index is 0.196.